The molecule has 6 nitrogen and oxygen atoms in total. The zero-order valence-electron chi connectivity index (χ0n) is 9.02. The SMILES string of the molecule is CC(O)C(=O)O.CC/C(O)=C(/C)C(N)=O. The average molecular weight is 219 g/mol. The van der Waals surface area contributed by atoms with Crippen LogP contribution in [0, 0.1) is 0 Å². The van der Waals surface area contributed by atoms with Gasteiger partial charge in [-0.25, -0.2) is 4.79 Å². The van der Waals surface area contributed by atoms with Crippen molar-refractivity contribution < 1.29 is 24.9 Å². The van der Waals surface area contributed by atoms with Crippen molar-refractivity contribution in [3.8, 4) is 0 Å². The normalized spacial score (nSPS) is 13.1. The lowest BCUT2D eigenvalue weighted by molar-refractivity contribution is -0.145. The molecule has 1 atom stereocenters. The highest BCUT2D eigenvalue weighted by atomic mass is 16.4. The number of carboxylic acids is 1. The van der Waals surface area contributed by atoms with E-state index in [0.717, 1.165) is 0 Å². The van der Waals surface area contributed by atoms with Gasteiger partial charge in [-0.3, -0.25) is 4.79 Å². The van der Waals surface area contributed by atoms with Crippen molar-refractivity contribution in [3.63, 3.8) is 0 Å². The molecule has 5 N–H and O–H groups in total. The number of amides is 1. The molecule has 1 unspecified atom stereocenters. The molecule has 0 fully saturated rings. The molecular weight excluding hydrogens is 202 g/mol. The number of carboxylic acid groups (broad SMARTS) is 1. The maximum absolute atomic E-state index is 10.3. The number of primary amides is 1. The second-order valence-electron chi connectivity index (χ2n) is 2.80. The van der Waals surface area contributed by atoms with Crippen LogP contribution in [-0.4, -0.2) is 33.3 Å². The second-order valence-corrected chi connectivity index (χ2v) is 2.80. The van der Waals surface area contributed by atoms with E-state index < -0.39 is 18.0 Å². The quantitative estimate of drug-likeness (QED) is 0.398. The van der Waals surface area contributed by atoms with Gasteiger partial charge in [-0.15, -0.1) is 0 Å². The number of aliphatic hydroxyl groups excluding tert-OH is 2. The molecule has 0 spiro atoms. The Hall–Kier alpha value is -1.56. The Morgan fingerprint density at radius 1 is 1.33 bits per heavy atom. The highest BCUT2D eigenvalue weighted by Crippen LogP contribution is 2.02. The summed E-state index contributed by atoms with van der Waals surface area (Å²) >= 11 is 0. The standard InChI is InChI=1S/C6H11NO2.C3H6O3/c1-3-5(8)4(2)6(7)9;1-2(4)3(5)6/h8H,3H2,1-2H3,(H2,7,9);2,4H,1H3,(H,5,6)/b5-4+;. The molecule has 0 saturated carbocycles. The van der Waals surface area contributed by atoms with Gasteiger partial charge in [0.2, 0.25) is 5.91 Å². The number of hydrogen-bond acceptors (Lipinski definition) is 4. The van der Waals surface area contributed by atoms with Crippen LogP contribution >= 0.6 is 0 Å². The van der Waals surface area contributed by atoms with Crippen molar-refractivity contribution in [2.24, 2.45) is 5.73 Å². The number of allylic oxidation sites excluding steroid dienone is 1. The van der Waals surface area contributed by atoms with Crippen LogP contribution in [0.1, 0.15) is 27.2 Å². The van der Waals surface area contributed by atoms with E-state index in [4.69, 9.17) is 21.1 Å². The average Bonchev–Trinajstić information content (AvgIpc) is 2.16. The molecule has 0 aliphatic rings. The number of carbonyl (C=O) groups is 2. The van der Waals surface area contributed by atoms with E-state index in [9.17, 15) is 9.59 Å². The van der Waals surface area contributed by atoms with Crippen molar-refractivity contribution in [1.82, 2.24) is 0 Å². The fourth-order valence-electron chi connectivity index (χ4n) is 0.407. The zero-order chi connectivity index (χ0) is 12.6. The molecule has 15 heavy (non-hydrogen) atoms. The van der Waals surface area contributed by atoms with Gasteiger partial charge < -0.3 is 21.1 Å². The Balaban J connectivity index is 0. The minimum absolute atomic E-state index is 0.0718. The Labute approximate surface area is 88.0 Å². The third kappa shape index (κ3) is 8.76. The molecular formula is C9H17NO5. The van der Waals surface area contributed by atoms with Crippen molar-refractivity contribution in [1.29, 1.82) is 0 Å². The number of rotatable bonds is 3. The maximum Gasteiger partial charge on any atom is 0.332 e. The lowest BCUT2D eigenvalue weighted by Crippen LogP contribution is -2.13. The van der Waals surface area contributed by atoms with Crippen LogP contribution in [0.4, 0.5) is 0 Å². The summed E-state index contributed by atoms with van der Waals surface area (Å²) in [7, 11) is 0. The highest BCUT2D eigenvalue weighted by molar-refractivity contribution is 5.91. The fourth-order valence-corrected chi connectivity index (χ4v) is 0.407. The molecule has 0 saturated heterocycles. The summed E-state index contributed by atoms with van der Waals surface area (Å²) in [5.74, 6) is -1.67. The van der Waals surface area contributed by atoms with Gasteiger partial charge in [-0.1, -0.05) is 6.92 Å². The van der Waals surface area contributed by atoms with Gasteiger partial charge in [0.1, 0.15) is 11.9 Å². The molecule has 1 amide bonds. The van der Waals surface area contributed by atoms with Gasteiger partial charge in [-0.05, 0) is 13.8 Å². The molecule has 0 aliphatic heterocycles. The molecule has 6 heteroatoms. The molecule has 0 rings (SSSR count). The fraction of sp³-hybridized carbons (Fsp3) is 0.556. The molecule has 0 heterocycles. The van der Waals surface area contributed by atoms with Gasteiger partial charge in [0.25, 0.3) is 0 Å². The first-order valence-corrected chi connectivity index (χ1v) is 4.33. The Kier molecular flexibility index (Phi) is 8.27. The molecule has 0 aromatic carbocycles. The van der Waals surface area contributed by atoms with Gasteiger partial charge in [0.05, 0.1) is 5.57 Å². The third-order valence-electron chi connectivity index (χ3n) is 1.49. The summed E-state index contributed by atoms with van der Waals surface area (Å²) in [4.78, 5) is 19.8. The van der Waals surface area contributed by atoms with Crippen LogP contribution < -0.4 is 5.73 Å². The smallest absolute Gasteiger partial charge is 0.332 e. The first-order valence-electron chi connectivity index (χ1n) is 4.33. The van der Waals surface area contributed by atoms with Crippen LogP contribution in [0.25, 0.3) is 0 Å². The van der Waals surface area contributed by atoms with Gasteiger partial charge in [-0.2, -0.15) is 0 Å². The topological polar surface area (TPSA) is 121 Å². The minimum atomic E-state index is -1.23. The van der Waals surface area contributed by atoms with Crippen molar-refractivity contribution in [2.45, 2.75) is 33.3 Å². The molecule has 0 aromatic heterocycles. The van der Waals surface area contributed by atoms with E-state index >= 15 is 0 Å². The molecule has 88 valence electrons. The van der Waals surface area contributed by atoms with E-state index in [-0.39, 0.29) is 11.3 Å². The zero-order valence-corrected chi connectivity index (χ0v) is 9.02. The maximum atomic E-state index is 10.3. The predicted octanol–water partition coefficient (Wildman–Crippen LogP) is 0.166. The Morgan fingerprint density at radius 2 is 1.67 bits per heavy atom. The van der Waals surface area contributed by atoms with Crippen LogP contribution in [0.2, 0.25) is 0 Å². The Morgan fingerprint density at radius 3 is 1.73 bits per heavy atom. The van der Waals surface area contributed by atoms with E-state index in [1.165, 1.54) is 13.8 Å². The third-order valence-corrected chi connectivity index (χ3v) is 1.49. The van der Waals surface area contributed by atoms with E-state index in [0.29, 0.717) is 6.42 Å². The number of nitrogens with two attached hydrogens (primary N) is 1. The lowest BCUT2D eigenvalue weighted by Gasteiger charge is -1.97. The number of aliphatic hydroxyl groups is 2. The summed E-state index contributed by atoms with van der Waals surface area (Å²) in [5.41, 5.74) is 5.10. The first kappa shape index (κ1) is 15.9. The van der Waals surface area contributed by atoms with Crippen molar-refractivity contribution in [2.75, 3.05) is 0 Å². The second kappa shape index (κ2) is 7.81. The summed E-state index contributed by atoms with van der Waals surface area (Å²) in [6.45, 7) is 4.45. The van der Waals surface area contributed by atoms with Gasteiger partial charge in [0, 0.05) is 6.42 Å². The minimum Gasteiger partial charge on any atom is -0.512 e. The van der Waals surface area contributed by atoms with Crippen LogP contribution in [-0.2, 0) is 9.59 Å². The number of carbonyl (C=O) groups excluding carboxylic acids is 1. The molecule has 0 radical (unpaired) electrons. The number of aliphatic carboxylic acids is 1. The lowest BCUT2D eigenvalue weighted by atomic mass is 10.2. The first-order chi connectivity index (χ1) is 6.73. The summed E-state index contributed by atoms with van der Waals surface area (Å²) < 4.78 is 0. The van der Waals surface area contributed by atoms with Crippen molar-refractivity contribution in [3.05, 3.63) is 11.3 Å². The van der Waals surface area contributed by atoms with E-state index in [2.05, 4.69) is 0 Å². The van der Waals surface area contributed by atoms with Crippen molar-refractivity contribution >= 4 is 11.9 Å². The van der Waals surface area contributed by atoms with Crippen LogP contribution in [0.5, 0.6) is 0 Å². The Bertz CT molecular complexity index is 257. The van der Waals surface area contributed by atoms with Gasteiger partial charge in [0.15, 0.2) is 0 Å². The summed E-state index contributed by atoms with van der Waals surface area (Å²) in [6.07, 6.45) is -0.778. The number of hydrogen-bond donors (Lipinski definition) is 4. The molecule has 0 aliphatic carbocycles. The monoisotopic (exact) mass is 219 g/mol. The van der Waals surface area contributed by atoms with Crippen LogP contribution in [0.3, 0.4) is 0 Å². The predicted molar refractivity (Wildman–Crippen MR) is 54.1 cm³/mol. The summed E-state index contributed by atoms with van der Waals surface area (Å²) in [5, 5.41) is 24.6. The van der Waals surface area contributed by atoms with E-state index in [1.807, 2.05) is 0 Å². The van der Waals surface area contributed by atoms with E-state index in [1.54, 1.807) is 6.92 Å². The summed E-state index contributed by atoms with van der Waals surface area (Å²) in [6, 6.07) is 0. The van der Waals surface area contributed by atoms with Crippen LogP contribution in [0.15, 0.2) is 11.3 Å². The van der Waals surface area contributed by atoms with Gasteiger partial charge >= 0.3 is 5.97 Å². The molecule has 0 aromatic rings. The molecule has 0 bridgehead atoms. The largest absolute Gasteiger partial charge is 0.512 e. The highest BCUT2D eigenvalue weighted by Gasteiger charge is 2.02.